The molecule has 2 aromatic rings. The van der Waals surface area contributed by atoms with Gasteiger partial charge in [-0.3, -0.25) is 4.79 Å². The normalized spacial score (nSPS) is 10.2. The zero-order valence-electron chi connectivity index (χ0n) is 10.1. The average Bonchev–Trinajstić information content (AvgIpc) is 2.33. The molecule has 4 nitrogen and oxygen atoms in total. The molecule has 98 valence electrons. The van der Waals surface area contributed by atoms with Gasteiger partial charge in [0.1, 0.15) is 22.9 Å². The van der Waals surface area contributed by atoms with Gasteiger partial charge in [0.2, 0.25) is 0 Å². The van der Waals surface area contributed by atoms with Crippen molar-refractivity contribution >= 4 is 11.6 Å². The topological polar surface area (TPSA) is 69.6 Å². The summed E-state index contributed by atoms with van der Waals surface area (Å²) in [5.74, 6) is -2.00. The van der Waals surface area contributed by atoms with Crippen LogP contribution in [-0.4, -0.2) is 16.1 Å². The molecule has 19 heavy (non-hydrogen) atoms. The fourth-order valence-corrected chi connectivity index (χ4v) is 1.62. The molecule has 0 aliphatic rings. The zero-order valence-corrected chi connectivity index (χ0v) is 10.1. The van der Waals surface area contributed by atoms with E-state index in [1.165, 1.54) is 18.2 Å². The summed E-state index contributed by atoms with van der Waals surface area (Å²) in [7, 11) is 0. The highest BCUT2D eigenvalue weighted by molar-refractivity contribution is 6.06. The van der Waals surface area contributed by atoms with Crippen LogP contribution in [0.3, 0.4) is 0 Å². The number of hydrogen-bond donors (Lipinski definition) is 3. The Hall–Kier alpha value is -2.56. The maximum Gasteiger partial charge on any atom is 0.262 e. The third-order valence-electron chi connectivity index (χ3n) is 2.69. The van der Waals surface area contributed by atoms with Crippen molar-refractivity contribution in [3.63, 3.8) is 0 Å². The highest BCUT2D eigenvalue weighted by Gasteiger charge is 2.16. The van der Waals surface area contributed by atoms with Gasteiger partial charge in [0.15, 0.2) is 0 Å². The number of rotatable bonds is 2. The molecule has 3 N–H and O–H groups in total. The smallest absolute Gasteiger partial charge is 0.262 e. The van der Waals surface area contributed by atoms with Crippen LogP contribution in [0, 0.1) is 12.7 Å². The van der Waals surface area contributed by atoms with Gasteiger partial charge in [0.25, 0.3) is 5.91 Å². The monoisotopic (exact) mass is 261 g/mol. The number of benzene rings is 2. The summed E-state index contributed by atoms with van der Waals surface area (Å²) in [5, 5.41) is 21.4. The fourth-order valence-electron chi connectivity index (χ4n) is 1.62. The van der Waals surface area contributed by atoms with Gasteiger partial charge in [0.05, 0.1) is 0 Å². The maximum atomic E-state index is 13.5. The van der Waals surface area contributed by atoms with Gasteiger partial charge in [-0.1, -0.05) is 12.1 Å². The van der Waals surface area contributed by atoms with Gasteiger partial charge in [-0.15, -0.1) is 0 Å². The molecule has 0 saturated carbocycles. The molecule has 0 spiro atoms. The minimum absolute atomic E-state index is 0.0237. The summed E-state index contributed by atoms with van der Waals surface area (Å²) in [4.78, 5) is 11.9. The number of halogens is 1. The van der Waals surface area contributed by atoms with Gasteiger partial charge in [-0.2, -0.15) is 0 Å². The molecule has 0 aromatic heterocycles. The second-order valence-corrected chi connectivity index (χ2v) is 4.09. The van der Waals surface area contributed by atoms with E-state index < -0.39 is 23.0 Å². The van der Waals surface area contributed by atoms with Crippen molar-refractivity contribution in [3.05, 3.63) is 53.3 Å². The number of hydrogen-bond acceptors (Lipinski definition) is 3. The first-order valence-electron chi connectivity index (χ1n) is 5.57. The second kappa shape index (κ2) is 4.97. The van der Waals surface area contributed by atoms with Crippen LogP contribution in [0.5, 0.6) is 11.5 Å². The first-order valence-corrected chi connectivity index (χ1v) is 5.57. The Kier molecular flexibility index (Phi) is 3.37. The second-order valence-electron chi connectivity index (χ2n) is 4.09. The molecule has 0 radical (unpaired) electrons. The minimum Gasteiger partial charge on any atom is -0.508 e. The number of phenolic OH excluding ortho intramolecular Hbond substituents is 2. The van der Waals surface area contributed by atoms with Crippen LogP contribution in [0.2, 0.25) is 0 Å². The molecular formula is C14H12FNO3. The molecular weight excluding hydrogens is 249 g/mol. The molecule has 0 aliphatic carbocycles. The van der Waals surface area contributed by atoms with Crippen molar-refractivity contribution in [2.24, 2.45) is 0 Å². The van der Waals surface area contributed by atoms with E-state index in [2.05, 4.69) is 5.32 Å². The van der Waals surface area contributed by atoms with Crippen LogP contribution in [0.1, 0.15) is 15.9 Å². The highest BCUT2D eigenvalue weighted by atomic mass is 19.1. The van der Waals surface area contributed by atoms with Gasteiger partial charge in [-0.25, -0.2) is 4.39 Å². The van der Waals surface area contributed by atoms with Gasteiger partial charge < -0.3 is 15.5 Å². The van der Waals surface area contributed by atoms with E-state index in [0.717, 1.165) is 6.07 Å². The van der Waals surface area contributed by atoms with Crippen LogP contribution in [-0.2, 0) is 0 Å². The SMILES string of the molecule is Cc1ccc(NC(=O)c2c(O)cccc2F)cc1O. The molecule has 2 aromatic carbocycles. The number of amides is 1. The predicted octanol–water partition coefficient (Wildman–Crippen LogP) is 2.80. The van der Waals surface area contributed by atoms with Gasteiger partial charge >= 0.3 is 0 Å². The van der Waals surface area contributed by atoms with Crippen LogP contribution in [0.15, 0.2) is 36.4 Å². The Balaban J connectivity index is 2.28. The molecule has 0 aliphatic heterocycles. The van der Waals surface area contributed by atoms with Gasteiger partial charge in [0, 0.05) is 11.8 Å². The van der Waals surface area contributed by atoms with E-state index in [4.69, 9.17) is 0 Å². The van der Waals surface area contributed by atoms with Crippen LogP contribution >= 0.6 is 0 Å². The lowest BCUT2D eigenvalue weighted by atomic mass is 10.1. The van der Waals surface area contributed by atoms with E-state index >= 15 is 0 Å². The lowest BCUT2D eigenvalue weighted by molar-refractivity contribution is 0.102. The first kappa shape index (κ1) is 12.9. The lowest BCUT2D eigenvalue weighted by Gasteiger charge is -2.08. The lowest BCUT2D eigenvalue weighted by Crippen LogP contribution is -2.14. The molecule has 0 unspecified atom stereocenters. The summed E-state index contributed by atoms with van der Waals surface area (Å²) in [6.45, 7) is 1.71. The largest absolute Gasteiger partial charge is 0.508 e. The first-order chi connectivity index (χ1) is 8.99. The molecule has 0 fully saturated rings. The number of nitrogens with one attached hydrogen (secondary N) is 1. The summed E-state index contributed by atoms with van der Waals surface area (Å²) in [5.41, 5.74) is 0.546. The summed E-state index contributed by atoms with van der Waals surface area (Å²) >= 11 is 0. The van der Waals surface area contributed by atoms with Crippen molar-refractivity contribution in [2.45, 2.75) is 6.92 Å². The molecule has 0 saturated heterocycles. The quantitative estimate of drug-likeness (QED) is 0.778. The third kappa shape index (κ3) is 2.65. The van der Waals surface area contributed by atoms with E-state index in [1.54, 1.807) is 19.1 Å². The molecule has 1 amide bonds. The van der Waals surface area contributed by atoms with Gasteiger partial charge in [-0.05, 0) is 30.7 Å². The van der Waals surface area contributed by atoms with Crippen molar-refractivity contribution < 1.29 is 19.4 Å². The number of aryl methyl sites for hydroxylation is 1. The van der Waals surface area contributed by atoms with Crippen LogP contribution in [0.4, 0.5) is 10.1 Å². The molecule has 0 bridgehead atoms. The van der Waals surface area contributed by atoms with E-state index in [-0.39, 0.29) is 5.75 Å². The Morgan fingerprint density at radius 2 is 1.89 bits per heavy atom. The summed E-state index contributed by atoms with van der Waals surface area (Å²) in [6, 6.07) is 8.16. The molecule has 2 rings (SSSR count). The predicted molar refractivity (Wildman–Crippen MR) is 68.9 cm³/mol. The minimum atomic E-state index is -0.811. The molecule has 0 heterocycles. The number of phenols is 2. The van der Waals surface area contributed by atoms with Crippen LogP contribution < -0.4 is 5.32 Å². The van der Waals surface area contributed by atoms with Crippen molar-refractivity contribution in [1.82, 2.24) is 0 Å². The number of anilines is 1. The van der Waals surface area contributed by atoms with Crippen molar-refractivity contribution in [3.8, 4) is 11.5 Å². The van der Waals surface area contributed by atoms with E-state index in [0.29, 0.717) is 11.3 Å². The highest BCUT2D eigenvalue weighted by Crippen LogP contribution is 2.24. The standard InChI is InChI=1S/C14H12FNO3/c1-8-5-6-9(7-12(8)18)16-14(19)13-10(15)3-2-4-11(13)17/h2-7,17-18H,1H3,(H,16,19). The average molecular weight is 261 g/mol. The number of carbonyl (C=O) groups is 1. The Bertz CT molecular complexity index is 620. The Labute approximate surface area is 109 Å². The van der Waals surface area contributed by atoms with E-state index in [1.807, 2.05) is 0 Å². The molecule has 5 heteroatoms. The number of aromatic hydroxyl groups is 2. The van der Waals surface area contributed by atoms with Crippen molar-refractivity contribution in [2.75, 3.05) is 5.32 Å². The number of carbonyl (C=O) groups excluding carboxylic acids is 1. The zero-order chi connectivity index (χ0) is 14.0. The van der Waals surface area contributed by atoms with E-state index in [9.17, 15) is 19.4 Å². The Morgan fingerprint density at radius 3 is 2.53 bits per heavy atom. The Morgan fingerprint density at radius 1 is 1.16 bits per heavy atom. The third-order valence-corrected chi connectivity index (χ3v) is 2.69. The summed E-state index contributed by atoms with van der Waals surface area (Å²) < 4.78 is 13.5. The summed E-state index contributed by atoms with van der Waals surface area (Å²) in [6.07, 6.45) is 0. The fraction of sp³-hybridized carbons (Fsp3) is 0.0714. The maximum absolute atomic E-state index is 13.5. The molecule has 0 atom stereocenters. The van der Waals surface area contributed by atoms with Crippen molar-refractivity contribution in [1.29, 1.82) is 0 Å². The van der Waals surface area contributed by atoms with Crippen LogP contribution in [0.25, 0.3) is 0 Å².